The minimum Gasteiger partial charge on any atom is -0.506 e. The third-order valence-corrected chi connectivity index (χ3v) is 7.50. The SMILES string of the molecule is O=S(=O)(O)c1ccc2cc(N=Nc3c(O)ccc4cc(S(=O)(=O)O)cc(S(=O)(=O)O)c34)ccc2c1. The quantitative estimate of drug-likeness (QED) is 0.213. The van der Waals surface area contributed by atoms with Gasteiger partial charge in [-0.25, -0.2) is 0 Å². The summed E-state index contributed by atoms with van der Waals surface area (Å²) < 4.78 is 97.8. The van der Waals surface area contributed by atoms with Gasteiger partial charge in [0.2, 0.25) is 0 Å². The fourth-order valence-electron chi connectivity index (χ4n) is 3.37. The van der Waals surface area contributed by atoms with Gasteiger partial charge in [0, 0.05) is 5.39 Å². The first-order valence-electron chi connectivity index (χ1n) is 9.32. The third-order valence-electron chi connectivity index (χ3n) is 4.94. The molecule has 4 aromatic carbocycles. The van der Waals surface area contributed by atoms with Gasteiger partial charge in [0.05, 0.1) is 15.5 Å². The highest BCUT2D eigenvalue weighted by Gasteiger charge is 2.24. The molecule has 0 aromatic heterocycles. The van der Waals surface area contributed by atoms with Crippen molar-refractivity contribution in [1.29, 1.82) is 0 Å². The topological polar surface area (TPSA) is 208 Å². The molecule has 0 saturated heterocycles. The highest BCUT2D eigenvalue weighted by Crippen LogP contribution is 2.41. The molecule has 0 heterocycles. The van der Waals surface area contributed by atoms with Crippen LogP contribution in [0.25, 0.3) is 21.5 Å². The Labute approximate surface area is 198 Å². The molecule has 0 bridgehead atoms. The molecule has 0 fully saturated rings. The second kappa shape index (κ2) is 8.33. The first-order chi connectivity index (χ1) is 16.1. The number of hydrogen-bond donors (Lipinski definition) is 4. The van der Waals surface area contributed by atoms with Crippen molar-refractivity contribution in [2.24, 2.45) is 10.2 Å². The van der Waals surface area contributed by atoms with E-state index in [4.69, 9.17) is 0 Å². The van der Waals surface area contributed by atoms with Gasteiger partial charge in [-0.2, -0.15) is 30.4 Å². The Morgan fingerprint density at radius 1 is 0.571 bits per heavy atom. The second-order valence-electron chi connectivity index (χ2n) is 7.27. The number of azo groups is 1. The van der Waals surface area contributed by atoms with E-state index in [-0.39, 0.29) is 21.4 Å². The van der Waals surface area contributed by atoms with Crippen LogP contribution < -0.4 is 0 Å². The van der Waals surface area contributed by atoms with E-state index < -0.39 is 51.6 Å². The molecule has 4 rings (SSSR count). The third kappa shape index (κ3) is 5.00. The van der Waals surface area contributed by atoms with Crippen molar-refractivity contribution < 1.29 is 44.0 Å². The van der Waals surface area contributed by atoms with E-state index in [2.05, 4.69) is 10.2 Å². The molecular formula is C20H14N2O10S3. The molecule has 0 saturated carbocycles. The Balaban J connectivity index is 1.89. The average Bonchev–Trinajstić information content (AvgIpc) is 2.75. The number of phenols is 1. The lowest BCUT2D eigenvalue weighted by molar-refractivity contribution is 0.476. The van der Waals surface area contributed by atoms with Gasteiger partial charge >= 0.3 is 0 Å². The Morgan fingerprint density at radius 3 is 1.77 bits per heavy atom. The number of aromatic hydroxyl groups is 1. The Morgan fingerprint density at radius 2 is 1.14 bits per heavy atom. The molecule has 0 aliphatic carbocycles. The summed E-state index contributed by atoms with van der Waals surface area (Å²) in [6.07, 6.45) is 0. The zero-order chi connectivity index (χ0) is 25.8. The van der Waals surface area contributed by atoms with Crippen LogP contribution in [0.4, 0.5) is 11.4 Å². The highest BCUT2D eigenvalue weighted by atomic mass is 32.2. The van der Waals surface area contributed by atoms with Crippen molar-refractivity contribution >= 4 is 63.3 Å². The van der Waals surface area contributed by atoms with Gasteiger partial charge in [-0.05, 0) is 58.6 Å². The van der Waals surface area contributed by atoms with Crippen molar-refractivity contribution in [2.45, 2.75) is 14.7 Å². The van der Waals surface area contributed by atoms with Crippen molar-refractivity contribution in [3.8, 4) is 5.75 Å². The number of phenolic OH excluding ortho intramolecular Hbond substituents is 1. The summed E-state index contributed by atoms with van der Waals surface area (Å²) in [4.78, 5) is -2.03. The van der Waals surface area contributed by atoms with E-state index in [0.29, 0.717) is 16.8 Å². The van der Waals surface area contributed by atoms with Gasteiger partial charge < -0.3 is 5.11 Å². The maximum absolute atomic E-state index is 12.0. The summed E-state index contributed by atoms with van der Waals surface area (Å²) >= 11 is 0. The van der Waals surface area contributed by atoms with Gasteiger partial charge in [0.1, 0.15) is 16.3 Å². The lowest BCUT2D eigenvalue weighted by Crippen LogP contribution is -2.04. The van der Waals surface area contributed by atoms with Crippen LogP contribution in [0.3, 0.4) is 0 Å². The van der Waals surface area contributed by atoms with Crippen LogP contribution in [0.15, 0.2) is 85.6 Å². The minimum atomic E-state index is -5.04. The van der Waals surface area contributed by atoms with E-state index in [1.165, 1.54) is 36.4 Å². The molecule has 35 heavy (non-hydrogen) atoms. The van der Waals surface area contributed by atoms with Crippen LogP contribution >= 0.6 is 0 Å². The Bertz CT molecular complexity index is 1880. The summed E-state index contributed by atoms with van der Waals surface area (Å²) in [5, 5.41) is 18.7. The zero-order valence-corrected chi connectivity index (χ0v) is 19.6. The molecule has 15 heteroatoms. The average molecular weight is 539 g/mol. The lowest BCUT2D eigenvalue weighted by atomic mass is 10.1. The molecule has 0 amide bonds. The fourth-order valence-corrected chi connectivity index (χ4v) is 5.25. The van der Waals surface area contributed by atoms with Crippen LogP contribution in [0, 0.1) is 0 Å². The number of nitrogens with zero attached hydrogens (tertiary/aromatic N) is 2. The fraction of sp³-hybridized carbons (Fsp3) is 0. The first kappa shape index (κ1) is 24.6. The van der Waals surface area contributed by atoms with Crippen molar-refractivity contribution in [3.63, 3.8) is 0 Å². The van der Waals surface area contributed by atoms with Gasteiger partial charge in [-0.15, -0.1) is 5.11 Å². The van der Waals surface area contributed by atoms with Gasteiger partial charge in [-0.3, -0.25) is 13.7 Å². The molecule has 4 aromatic rings. The van der Waals surface area contributed by atoms with Gasteiger partial charge in [0.15, 0.2) is 0 Å². The van der Waals surface area contributed by atoms with Crippen LogP contribution in [-0.4, -0.2) is 44.0 Å². The van der Waals surface area contributed by atoms with Crippen molar-refractivity contribution in [3.05, 3.63) is 60.7 Å². The maximum atomic E-state index is 12.0. The van der Waals surface area contributed by atoms with Gasteiger partial charge in [0.25, 0.3) is 30.4 Å². The molecule has 0 unspecified atom stereocenters. The first-order valence-corrected chi connectivity index (χ1v) is 13.6. The standard InChI is InChI=1S/C20H14N2O10S3/c23-17-6-3-13-9-16(34(27,28)29)10-18(35(30,31)32)19(13)20(17)22-21-14-4-1-12-8-15(33(24,25)26)5-2-11(12)7-14/h1-10,23H,(H,24,25,26)(H,27,28,29)(H,30,31,32). The van der Waals surface area contributed by atoms with Crippen LogP contribution in [0.2, 0.25) is 0 Å². The molecule has 0 aliphatic rings. The van der Waals surface area contributed by atoms with Gasteiger partial charge in [-0.1, -0.05) is 18.2 Å². The molecule has 0 spiro atoms. The smallest absolute Gasteiger partial charge is 0.295 e. The zero-order valence-electron chi connectivity index (χ0n) is 17.1. The van der Waals surface area contributed by atoms with Crippen molar-refractivity contribution in [1.82, 2.24) is 0 Å². The highest BCUT2D eigenvalue weighted by molar-refractivity contribution is 7.87. The maximum Gasteiger partial charge on any atom is 0.295 e. The molecule has 0 atom stereocenters. The monoisotopic (exact) mass is 538 g/mol. The molecule has 0 radical (unpaired) electrons. The van der Waals surface area contributed by atoms with Crippen LogP contribution in [-0.2, 0) is 30.4 Å². The minimum absolute atomic E-state index is 0.0873. The molecule has 0 aliphatic heterocycles. The van der Waals surface area contributed by atoms with Crippen molar-refractivity contribution in [2.75, 3.05) is 0 Å². The lowest BCUT2D eigenvalue weighted by Gasteiger charge is -2.10. The largest absolute Gasteiger partial charge is 0.506 e. The Hall–Kier alpha value is -3.47. The number of rotatable bonds is 5. The summed E-state index contributed by atoms with van der Waals surface area (Å²) in [6.45, 7) is 0. The summed E-state index contributed by atoms with van der Waals surface area (Å²) in [5.74, 6) is -0.538. The van der Waals surface area contributed by atoms with Crippen LogP contribution in [0.5, 0.6) is 5.75 Å². The Kier molecular flexibility index (Phi) is 5.87. The summed E-state index contributed by atoms with van der Waals surface area (Å²) in [5.41, 5.74) is -0.199. The number of benzene rings is 4. The predicted molar refractivity (Wildman–Crippen MR) is 123 cm³/mol. The van der Waals surface area contributed by atoms with E-state index in [1.54, 1.807) is 0 Å². The molecule has 182 valence electrons. The summed E-state index contributed by atoms with van der Waals surface area (Å²) in [6, 6.07) is 12.0. The van der Waals surface area contributed by atoms with E-state index in [1.807, 2.05) is 0 Å². The normalized spacial score (nSPS) is 13.1. The number of fused-ring (bicyclic) bond motifs is 2. The van der Waals surface area contributed by atoms with E-state index in [9.17, 15) is 44.0 Å². The molecular weight excluding hydrogens is 524 g/mol. The van der Waals surface area contributed by atoms with E-state index in [0.717, 1.165) is 18.2 Å². The molecule has 4 N–H and O–H groups in total. The number of hydrogen-bond acceptors (Lipinski definition) is 9. The second-order valence-corrected chi connectivity index (χ2v) is 11.5. The predicted octanol–water partition coefficient (Wildman–Crippen LogP) is 3.85. The van der Waals surface area contributed by atoms with Crippen LogP contribution in [0.1, 0.15) is 0 Å². The molecule has 12 nitrogen and oxygen atoms in total. The van der Waals surface area contributed by atoms with E-state index >= 15 is 0 Å². The summed E-state index contributed by atoms with van der Waals surface area (Å²) in [7, 11) is -14.3.